The first kappa shape index (κ1) is 16.1. The summed E-state index contributed by atoms with van der Waals surface area (Å²) in [5.41, 5.74) is 0.0760. The Balaban J connectivity index is 2.57. The SMILES string of the molecule is C=C(C)C(=O)C(=O)COC(=O)C1CCCCC1C(=O)O. The Bertz CT molecular complexity index is 451. The van der Waals surface area contributed by atoms with Gasteiger partial charge in [0, 0.05) is 0 Å². The molecule has 0 amide bonds. The maximum atomic E-state index is 11.8. The highest BCUT2D eigenvalue weighted by Gasteiger charge is 2.37. The van der Waals surface area contributed by atoms with E-state index < -0.39 is 41.9 Å². The van der Waals surface area contributed by atoms with Gasteiger partial charge in [-0.15, -0.1) is 0 Å². The first-order valence-electron chi connectivity index (χ1n) is 6.47. The lowest BCUT2D eigenvalue weighted by Crippen LogP contribution is -2.35. The predicted octanol–water partition coefficient (Wildman–Crippen LogP) is 1.13. The van der Waals surface area contributed by atoms with E-state index in [4.69, 9.17) is 9.84 Å². The molecule has 0 radical (unpaired) electrons. The van der Waals surface area contributed by atoms with Crippen LogP contribution in [0.4, 0.5) is 0 Å². The molecular formula is C14H18O6. The van der Waals surface area contributed by atoms with Crippen LogP contribution in [0.1, 0.15) is 32.6 Å². The Morgan fingerprint density at radius 1 is 1.15 bits per heavy atom. The zero-order valence-corrected chi connectivity index (χ0v) is 11.4. The van der Waals surface area contributed by atoms with Crippen LogP contribution in [0, 0.1) is 11.8 Å². The molecule has 1 aliphatic rings. The van der Waals surface area contributed by atoms with Crippen molar-refractivity contribution in [2.75, 3.05) is 6.61 Å². The van der Waals surface area contributed by atoms with Gasteiger partial charge < -0.3 is 9.84 Å². The van der Waals surface area contributed by atoms with Crippen LogP contribution in [0.3, 0.4) is 0 Å². The zero-order valence-electron chi connectivity index (χ0n) is 11.4. The summed E-state index contributed by atoms with van der Waals surface area (Å²) in [5, 5.41) is 9.06. The lowest BCUT2D eigenvalue weighted by atomic mass is 9.79. The maximum Gasteiger partial charge on any atom is 0.310 e. The molecule has 0 bridgehead atoms. The minimum atomic E-state index is -1.03. The van der Waals surface area contributed by atoms with Crippen molar-refractivity contribution in [3.8, 4) is 0 Å². The Labute approximate surface area is 116 Å². The minimum absolute atomic E-state index is 0.0760. The lowest BCUT2D eigenvalue weighted by Gasteiger charge is -2.26. The third-order valence-electron chi connectivity index (χ3n) is 3.37. The summed E-state index contributed by atoms with van der Waals surface area (Å²) in [7, 11) is 0. The summed E-state index contributed by atoms with van der Waals surface area (Å²) in [6.45, 7) is 4.07. The molecule has 0 heterocycles. The third kappa shape index (κ3) is 4.01. The lowest BCUT2D eigenvalue weighted by molar-refractivity contribution is -0.161. The molecule has 2 atom stereocenters. The molecule has 20 heavy (non-hydrogen) atoms. The number of carbonyl (C=O) groups excluding carboxylic acids is 3. The molecule has 1 rings (SSSR count). The van der Waals surface area contributed by atoms with Crippen molar-refractivity contribution in [3.63, 3.8) is 0 Å². The summed E-state index contributed by atoms with van der Waals surface area (Å²) in [4.78, 5) is 45.6. The minimum Gasteiger partial charge on any atom is -0.481 e. The highest BCUT2D eigenvalue weighted by molar-refractivity contribution is 6.43. The summed E-state index contributed by atoms with van der Waals surface area (Å²) >= 11 is 0. The monoisotopic (exact) mass is 282 g/mol. The molecule has 0 spiro atoms. The highest BCUT2D eigenvalue weighted by atomic mass is 16.5. The van der Waals surface area contributed by atoms with Crippen LogP contribution in [-0.4, -0.2) is 35.2 Å². The van der Waals surface area contributed by atoms with Gasteiger partial charge in [0.05, 0.1) is 11.8 Å². The van der Waals surface area contributed by atoms with Crippen molar-refractivity contribution < 1.29 is 29.0 Å². The largest absolute Gasteiger partial charge is 0.481 e. The van der Waals surface area contributed by atoms with E-state index in [-0.39, 0.29) is 5.57 Å². The number of ketones is 2. The smallest absolute Gasteiger partial charge is 0.310 e. The quantitative estimate of drug-likeness (QED) is 0.445. The van der Waals surface area contributed by atoms with Crippen molar-refractivity contribution in [2.24, 2.45) is 11.8 Å². The van der Waals surface area contributed by atoms with Crippen LogP contribution in [0.2, 0.25) is 0 Å². The summed E-state index contributed by atoms with van der Waals surface area (Å²) in [5.74, 6) is -4.90. The van der Waals surface area contributed by atoms with Crippen LogP contribution in [0.15, 0.2) is 12.2 Å². The highest BCUT2D eigenvalue weighted by Crippen LogP contribution is 2.31. The van der Waals surface area contributed by atoms with Gasteiger partial charge in [0.1, 0.15) is 0 Å². The molecule has 2 unspecified atom stereocenters. The third-order valence-corrected chi connectivity index (χ3v) is 3.37. The molecule has 0 saturated heterocycles. The number of allylic oxidation sites excluding steroid dienone is 1. The van der Waals surface area contributed by atoms with Crippen molar-refractivity contribution in [2.45, 2.75) is 32.6 Å². The van der Waals surface area contributed by atoms with Gasteiger partial charge in [0.2, 0.25) is 11.6 Å². The number of carboxylic acid groups (broad SMARTS) is 1. The molecule has 1 saturated carbocycles. The Morgan fingerprint density at radius 2 is 1.70 bits per heavy atom. The fourth-order valence-electron chi connectivity index (χ4n) is 2.26. The molecule has 110 valence electrons. The number of esters is 1. The Kier molecular flexibility index (Phi) is 5.61. The molecule has 6 nitrogen and oxygen atoms in total. The van der Waals surface area contributed by atoms with Gasteiger partial charge in [0.15, 0.2) is 6.61 Å². The molecule has 1 aliphatic carbocycles. The Morgan fingerprint density at radius 3 is 2.20 bits per heavy atom. The van der Waals surface area contributed by atoms with Crippen molar-refractivity contribution >= 4 is 23.5 Å². The van der Waals surface area contributed by atoms with Crippen molar-refractivity contribution in [1.82, 2.24) is 0 Å². The van der Waals surface area contributed by atoms with Gasteiger partial charge in [-0.3, -0.25) is 19.2 Å². The van der Waals surface area contributed by atoms with E-state index in [0.717, 1.165) is 12.8 Å². The van der Waals surface area contributed by atoms with Crippen LogP contribution < -0.4 is 0 Å². The maximum absolute atomic E-state index is 11.8. The van der Waals surface area contributed by atoms with E-state index in [1.54, 1.807) is 0 Å². The van der Waals surface area contributed by atoms with E-state index in [0.29, 0.717) is 12.8 Å². The number of hydrogen-bond acceptors (Lipinski definition) is 5. The van der Waals surface area contributed by atoms with Gasteiger partial charge in [0.25, 0.3) is 0 Å². The van der Waals surface area contributed by atoms with Gasteiger partial charge in [-0.25, -0.2) is 0 Å². The molecule has 0 aromatic rings. The van der Waals surface area contributed by atoms with Crippen LogP contribution in [0.5, 0.6) is 0 Å². The predicted molar refractivity (Wildman–Crippen MR) is 68.9 cm³/mol. The van der Waals surface area contributed by atoms with E-state index in [2.05, 4.69) is 6.58 Å². The second-order valence-corrected chi connectivity index (χ2v) is 4.98. The van der Waals surface area contributed by atoms with E-state index in [1.807, 2.05) is 0 Å². The number of carboxylic acids is 1. The van der Waals surface area contributed by atoms with Crippen LogP contribution >= 0.6 is 0 Å². The fraction of sp³-hybridized carbons (Fsp3) is 0.571. The summed E-state index contributed by atoms with van der Waals surface area (Å²) in [6, 6.07) is 0. The number of hydrogen-bond donors (Lipinski definition) is 1. The van der Waals surface area contributed by atoms with Gasteiger partial charge in [-0.1, -0.05) is 19.4 Å². The van der Waals surface area contributed by atoms with E-state index in [9.17, 15) is 19.2 Å². The molecule has 0 aromatic heterocycles. The van der Waals surface area contributed by atoms with E-state index >= 15 is 0 Å². The number of Topliss-reactive ketones (excluding diaryl/α,β-unsaturated/α-hetero) is 2. The zero-order chi connectivity index (χ0) is 15.3. The van der Waals surface area contributed by atoms with Crippen molar-refractivity contribution in [3.05, 3.63) is 12.2 Å². The standard InChI is InChI=1S/C14H18O6/c1-8(2)12(16)11(15)7-20-14(19)10-6-4-3-5-9(10)13(17)18/h9-10H,1,3-7H2,2H3,(H,17,18). The van der Waals surface area contributed by atoms with Crippen LogP contribution in [-0.2, 0) is 23.9 Å². The molecule has 1 N–H and O–H groups in total. The topological polar surface area (TPSA) is 97.7 Å². The first-order valence-corrected chi connectivity index (χ1v) is 6.47. The summed E-state index contributed by atoms with van der Waals surface area (Å²) in [6.07, 6.45) is 2.36. The van der Waals surface area contributed by atoms with Gasteiger partial charge in [-0.05, 0) is 25.3 Å². The number of aliphatic carboxylic acids is 1. The molecular weight excluding hydrogens is 264 g/mol. The molecule has 1 fully saturated rings. The number of ether oxygens (including phenoxy) is 1. The van der Waals surface area contributed by atoms with E-state index in [1.165, 1.54) is 6.92 Å². The molecule has 0 aromatic carbocycles. The van der Waals surface area contributed by atoms with Gasteiger partial charge >= 0.3 is 11.9 Å². The second-order valence-electron chi connectivity index (χ2n) is 4.98. The van der Waals surface area contributed by atoms with Gasteiger partial charge in [-0.2, -0.15) is 0 Å². The average molecular weight is 282 g/mol. The second kappa shape index (κ2) is 6.98. The molecule has 6 heteroatoms. The summed E-state index contributed by atoms with van der Waals surface area (Å²) < 4.78 is 4.78. The Hall–Kier alpha value is -1.98. The number of rotatable bonds is 6. The first-order chi connectivity index (χ1) is 9.34. The van der Waals surface area contributed by atoms with Crippen molar-refractivity contribution in [1.29, 1.82) is 0 Å². The normalized spacial score (nSPS) is 21.9. The molecule has 0 aliphatic heterocycles. The van der Waals surface area contributed by atoms with Crippen LogP contribution in [0.25, 0.3) is 0 Å². The fourth-order valence-corrected chi connectivity index (χ4v) is 2.26. The number of carbonyl (C=O) groups is 4. The average Bonchev–Trinajstić information content (AvgIpc) is 2.43.